The lowest BCUT2D eigenvalue weighted by Gasteiger charge is -2.29. The van der Waals surface area contributed by atoms with Gasteiger partial charge in [-0.05, 0) is 24.8 Å². The van der Waals surface area contributed by atoms with Gasteiger partial charge in [0.25, 0.3) is 0 Å². The van der Waals surface area contributed by atoms with Crippen molar-refractivity contribution >= 4 is 11.9 Å². The van der Waals surface area contributed by atoms with Crippen LogP contribution < -0.4 is 0 Å². The smallest absolute Gasteiger partial charge is 0.333 e. The topological polar surface area (TPSA) is 72.8 Å². The van der Waals surface area contributed by atoms with Crippen LogP contribution in [0.1, 0.15) is 26.7 Å². The van der Waals surface area contributed by atoms with Gasteiger partial charge in [-0.25, -0.2) is 4.79 Å². The molecular weight excluding hydrogens is 308 g/mol. The number of fused-ring (bicyclic) bond motifs is 3. The molecule has 1 heterocycles. The third-order valence-electron chi connectivity index (χ3n) is 5.73. The second-order valence-electron chi connectivity index (χ2n) is 7.31. The molecule has 3 fully saturated rings. The van der Waals surface area contributed by atoms with Crippen molar-refractivity contribution in [2.45, 2.75) is 45.0 Å². The van der Waals surface area contributed by atoms with Gasteiger partial charge in [-0.2, -0.15) is 0 Å². The van der Waals surface area contributed by atoms with Crippen LogP contribution >= 0.6 is 0 Å². The van der Waals surface area contributed by atoms with Crippen LogP contribution in [-0.2, 0) is 19.1 Å². The third-order valence-corrected chi connectivity index (χ3v) is 5.73. The number of carbonyl (C=O) groups is 2. The Balaban J connectivity index is 1.98. The lowest BCUT2D eigenvalue weighted by Crippen LogP contribution is -2.38. The van der Waals surface area contributed by atoms with E-state index in [1.807, 2.05) is 0 Å². The Kier molecular flexibility index (Phi) is 4.16. The highest BCUT2D eigenvalue weighted by molar-refractivity contribution is 5.87. The molecule has 130 valence electrons. The molecule has 5 nitrogen and oxygen atoms in total. The number of carbonyl (C=O) groups excluding carboxylic acids is 2. The first-order chi connectivity index (χ1) is 11.2. The van der Waals surface area contributed by atoms with Gasteiger partial charge in [0.15, 0.2) is 0 Å². The molecule has 0 aromatic rings. The summed E-state index contributed by atoms with van der Waals surface area (Å²) in [5, 5.41) is 10.2. The van der Waals surface area contributed by atoms with E-state index in [0.717, 1.165) is 5.57 Å². The molecule has 0 aromatic carbocycles. The second kappa shape index (κ2) is 5.88. The molecule has 3 rings (SSSR count). The molecule has 24 heavy (non-hydrogen) atoms. The summed E-state index contributed by atoms with van der Waals surface area (Å²) in [4.78, 5) is 24.2. The Bertz CT molecular complexity index is 634. The Labute approximate surface area is 142 Å². The van der Waals surface area contributed by atoms with Crippen molar-refractivity contribution in [1.29, 1.82) is 0 Å². The molecular formula is C19H24O5. The molecule has 0 unspecified atom stereocenters. The summed E-state index contributed by atoms with van der Waals surface area (Å²) in [5.74, 6) is -1.58. The zero-order valence-corrected chi connectivity index (χ0v) is 14.2. The molecule has 1 saturated heterocycles. The minimum Gasteiger partial charge on any atom is -0.461 e. The molecule has 0 radical (unpaired) electrons. The van der Waals surface area contributed by atoms with Gasteiger partial charge in [0.05, 0.1) is 12.0 Å². The van der Waals surface area contributed by atoms with Gasteiger partial charge in [-0.3, -0.25) is 4.79 Å². The maximum atomic E-state index is 12.2. The number of aliphatic hydroxyl groups excluding tert-OH is 1. The standard InChI is InChI=1S/C19H24O5/c1-8(2)18(21)23-14-6-9(3)12-7-13(20)10(4)15(12)17-16(14)11(5)19(22)24-17/h11-17,20H,1,3-4,6-7H2,2,5H3/t11-,12-,13+,14+,15+,16+,17-/m1/s1. The van der Waals surface area contributed by atoms with Gasteiger partial charge in [-0.1, -0.05) is 32.2 Å². The monoisotopic (exact) mass is 332 g/mol. The fourth-order valence-electron chi connectivity index (χ4n) is 4.39. The summed E-state index contributed by atoms with van der Waals surface area (Å²) in [6.07, 6.45) is -0.546. The molecule has 7 atom stereocenters. The van der Waals surface area contributed by atoms with Crippen LogP contribution in [-0.4, -0.2) is 35.4 Å². The molecule has 2 aliphatic carbocycles. The van der Waals surface area contributed by atoms with E-state index in [1.54, 1.807) is 13.8 Å². The first kappa shape index (κ1) is 17.0. The van der Waals surface area contributed by atoms with E-state index in [9.17, 15) is 14.7 Å². The van der Waals surface area contributed by atoms with Crippen molar-refractivity contribution in [1.82, 2.24) is 0 Å². The summed E-state index contributed by atoms with van der Waals surface area (Å²) >= 11 is 0. The second-order valence-corrected chi connectivity index (χ2v) is 7.31. The first-order valence-corrected chi connectivity index (χ1v) is 8.33. The molecule has 3 aliphatic rings. The highest BCUT2D eigenvalue weighted by atomic mass is 16.6. The van der Waals surface area contributed by atoms with Crippen molar-refractivity contribution in [3.63, 3.8) is 0 Å². The average molecular weight is 332 g/mol. The van der Waals surface area contributed by atoms with Crippen LogP contribution in [0.2, 0.25) is 0 Å². The molecule has 0 aromatic heterocycles. The van der Waals surface area contributed by atoms with Gasteiger partial charge in [0.1, 0.15) is 12.2 Å². The molecule has 2 saturated carbocycles. The molecule has 0 amide bonds. The average Bonchev–Trinajstić information content (AvgIpc) is 2.92. The molecule has 1 aliphatic heterocycles. The molecule has 0 bridgehead atoms. The summed E-state index contributed by atoms with van der Waals surface area (Å²) in [7, 11) is 0. The quantitative estimate of drug-likeness (QED) is 0.477. The van der Waals surface area contributed by atoms with E-state index in [2.05, 4.69) is 19.7 Å². The Morgan fingerprint density at radius 2 is 2.04 bits per heavy atom. The zero-order chi connectivity index (χ0) is 17.8. The lowest BCUT2D eigenvalue weighted by molar-refractivity contribution is -0.148. The van der Waals surface area contributed by atoms with Crippen molar-refractivity contribution in [3.8, 4) is 0 Å². The zero-order valence-electron chi connectivity index (χ0n) is 14.2. The van der Waals surface area contributed by atoms with E-state index in [1.165, 1.54) is 0 Å². The van der Waals surface area contributed by atoms with Crippen molar-refractivity contribution < 1.29 is 24.2 Å². The van der Waals surface area contributed by atoms with Crippen LogP contribution in [0.25, 0.3) is 0 Å². The minimum atomic E-state index is -0.610. The highest BCUT2D eigenvalue weighted by Gasteiger charge is 2.57. The first-order valence-electron chi connectivity index (χ1n) is 8.33. The van der Waals surface area contributed by atoms with Crippen molar-refractivity contribution in [3.05, 3.63) is 36.5 Å². The Hall–Kier alpha value is -1.88. The number of hydrogen-bond donors (Lipinski definition) is 1. The fraction of sp³-hybridized carbons (Fsp3) is 0.579. The van der Waals surface area contributed by atoms with Gasteiger partial charge >= 0.3 is 11.9 Å². The molecule has 5 heteroatoms. The minimum absolute atomic E-state index is 0.00775. The van der Waals surface area contributed by atoms with Crippen LogP contribution in [0.15, 0.2) is 36.5 Å². The summed E-state index contributed by atoms with van der Waals surface area (Å²) in [5.41, 5.74) is 1.92. The van der Waals surface area contributed by atoms with Crippen LogP contribution in [0, 0.1) is 23.7 Å². The van der Waals surface area contributed by atoms with Crippen LogP contribution in [0.3, 0.4) is 0 Å². The predicted octanol–water partition coefficient (Wildman–Crippen LogP) is 2.17. The summed E-state index contributed by atoms with van der Waals surface area (Å²) in [6, 6.07) is 0. The maximum absolute atomic E-state index is 12.2. The van der Waals surface area contributed by atoms with E-state index in [-0.39, 0.29) is 29.6 Å². The van der Waals surface area contributed by atoms with E-state index in [4.69, 9.17) is 9.47 Å². The van der Waals surface area contributed by atoms with Crippen LogP contribution in [0.4, 0.5) is 0 Å². The van der Waals surface area contributed by atoms with Crippen LogP contribution in [0.5, 0.6) is 0 Å². The van der Waals surface area contributed by atoms with Gasteiger partial charge in [0.2, 0.25) is 0 Å². The van der Waals surface area contributed by atoms with Crippen molar-refractivity contribution in [2.75, 3.05) is 0 Å². The number of rotatable bonds is 2. The highest BCUT2D eigenvalue weighted by Crippen LogP contribution is 2.52. The SMILES string of the molecule is C=C(C)C(=O)O[C@H]1CC(=C)[C@H]2C[C@H](O)C(=C)[C@@H]2[C@H]2OC(=O)[C@H](C)[C@H]21. The fourth-order valence-corrected chi connectivity index (χ4v) is 4.39. The van der Waals surface area contributed by atoms with Gasteiger partial charge in [-0.15, -0.1) is 0 Å². The largest absolute Gasteiger partial charge is 0.461 e. The predicted molar refractivity (Wildman–Crippen MR) is 87.7 cm³/mol. The third kappa shape index (κ3) is 2.51. The normalized spacial score (nSPS) is 41.3. The number of hydrogen-bond acceptors (Lipinski definition) is 5. The number of aliphatic hydroxyl groups is 1. The summed E-state index contributed by atoms with van der Waals surface area (Å²) in [6.45, 7) is 15.2. The van der Waals surface area contributed by atoms with E-state index < -0.39 is 24.3 Å². The number of esters is 2. The number of ether oxygens (including phenoxy) is 2. The summed E-state index contributed by atoms with van der Waals surface area (Å²) < 4.78 is 11.3. The Morgan fingerprint density at radius 3 is 2.67 bits per heavy atom. The lowest BCUT2D eigenvalue weighted by atomic mass is 9.79. The molecule has 0 spiro atoms. The maximum Gasteiger partial charge on any atom is 0.333 e. The van der Waals surface area contributed by atoms with Gasteiger partial charge < -0.3 is 14.6 Å². The van der Waals surface area contributed by atoms with E-state index in [0.29, 0.717) is 24.0 Å². The van der Waals surface area contributed by atoms with E-state index >= 15 is 0 Å². The van der Waals surface area contributed by atoms with Crippen molar-refractivity contribution in [2.24, 2.45) is 23.7 Å². The van der Waals surface area contributed by atoms with Gasteiger partial charge in [0, 0.05) is 23.8 Å². The molecule has 1 N–H and O–H groups in total. The Morgan fingerprint density at radius 1 is 1.38 bits per heavy atom.